The van der Waals surface area contributed by atoms with Gasteiger partial charge in [-0.2, -0.15) is 0 Å². The van der Waals surface area contributed by atoms with Gasteiger partial charge in [-0.1, -0.05) is 64.8 Å². The zero-order valence-corrected chi connectivity index (χ0v) is 17.1. The maximum absolute atomic E-state index is 12.3. The summed E-state index contributed by atoms with van der Waals surface area (Å²) in [6.07, 6.45) is -1.51. The summed E-state index contributed by atoms with van der Waals surface area (Å²) >= 11 is 11.7. The van der Waals surface area contributed by atoms with Gasteiger partial charge >= 0.3 is 5.97 Å². The summed E-state index contributed by atoms with van der Waals surface area (Å²) < 4.78 is 4.82. The summed E-state index contributed by atoms with van der Waals surface area (Å²) in [5.41, 5.74) is 2.77. The second-order valence-electron chi connectivity index (χ2n) is 6.69. The number of carbonyl (C=O) groups excluding carboxylic acids is 1. The van der Waals surface area contributed by atoms with E-state index in [4.69, 9.17) is 32.8 Å². The summed E-state index contributed by atoms with van der Waals surface area (Å²) in [5, 5.41) is 25.5. The smallest absolute Gasteiger partial charge is 0.332 e. The van der Waals surface area contributed by atoms with Gasteiger partial charge in [-0.3, -0.25) is 4.79 Å². The molecule has 0 saturated carbocycles. The highest BCUT2D eigenvalue weighted by molar-refractivity contribution is 6.30. The van der Waals surface area contributed by atoms with Crippen molar-refractivity contribution in [2.75, 3.05) is 0 Å². The number of aliphatic hydroxyl groups is 1. The van der Waals surface area contributed by atoms with Crippen LogP contribution in [0.5, 0.6) is 0 Å². The predicted octanol–water partition coefficient (Wildman–Crippen LogP) is 3.83. The van der Waals surface area contributed by atoms with E-state index in [1.54, 1.807) is 6.07 Å². The molecule has 0 bridgehead atoms. The highest BCUT2D eigenvalue weighted by atomic mass is 35.5. The number of hydrogen-bond acceptors (Lipinski definition) is 5. The fourth-order valence-electron chi connectivity index (χ4n) is 2.97. The van der Waals surface area contributed by atoms with Gasteiger partial charge in [0.05, 0.1) is 0 Å². The summed E-state index contributed by atoms with van der Waals surface area (Å²) in [7, 11) is 0. The van der Waals surface area contributed by atoms with Crippen LogP contribution in [0.15, 0.2) is 59.1 Å². The highest BCUT2D eigenvalue weighted by Gasteiger charge is 2.24. The van der Waals surface area contributed by atoms with Gasteiger partial charge in [0.25, 0.3) is 5.91 Å². The molecule has 156 valence electrons. The monoisotopic (exact) mass is 448 g/mol. The van der Waals surface area contributed by atoms with E-state index in [-0.39, 0.29) is 17.3 Å². The Morgan fingerprint density at radius 2 is 1.80 bits per heavy atom. The van der Waals surface area contributed by atoms with E-state index in [2.05, 4.69) is 10.5 Å². The molecule has 3 N–H and O–H groups in total. The van der Waals surface area contributed by atoms with Crippen LogP contribution >= 0.6 is 23.2 Å². The lowest BCUT2D eigenvalue weighted by atomic mass is 9.97. The minimum absolute atomic E-state index is 0.0267. The maximum Gasteiger partial charge on any atom is 0.332 e. The van der Waals surface area contributed by atoms with Crippen molar-refractivity contribution in [1.82, 2.24) is 10.5 Å². The van der Waals surface area contributed by atoms with Crippen LogP contribution in [0, 0.1) is 0 Å². The average molecular weight is 449 g/mol. The van der Waals surface area contributed by atoms with Crippen LogP contribution in [-0.2, 0) is 11.2 Å². The molecule has 0 spiro atoms. The molecule has 0 aliphatic heterocycles. The molecule has 1 heterocycles. The topological polar surface area (TPSA) is 113 Å². The number of amides is 1. The third-order valence-corrected chi connectivity index (χ3v) is 4.84. The van der Waals surface area contributed by atoms with Crippen molar-refractivity contribution < 1.29 is 24.3 Å². The molecular weight excluding hydrogens is 431 g/mol. The second kappa shape index (κ2) is 9.75. The van der Waals surface area contributed by atoms with Crippen molar-refractivity contribution >= 4 is 35.1 Å². The number of carboxylic acid groups (broad SMARTS) is 1. The first-order chi connectivity index (χ1) is 14.3. The Labute approximate surface area is 182 Å². The molecule has 2 atom stereocenters. The van der Waals surface area contributed by atoms with Crippen LogP contribution in [0.1, 0.15) is 22.5 Å². The fraction of sp³-hybridized carbons (Fsp3) is 0.190. The molecule has 3 aromatic rings. The standard InChI is InChI=1S/C21H18Cl2N2O5/c22-15-3-1-2-14(9-15)13-6-4-12(5-7-13)8-16(10-17(26)21(28)29)24-20(27)18-11-19(23)25-30-18/h1-7,9,11,16-17,26H,8,10H2,(H,24,27)(H,28,29)/t16-,17-/m1/s1. The quantitative estimate of drug-likeness (QED) is 0.482. The Hall–Kier alpha value is -2.87. The number of carbonyl (C=O) groups is 2. The molecule has 0 fully saturated rings. The third kappa shape index (κ3) is 5.82. The van der Waals surface area contributed by atoms with E-state index >= 15 is 0 Å². The van der Waals surface area contributed by atoms with Crippen LogP contribution in [0.3, 0.4) is 0 Å². The fourth-order valence-corrected chi connectivity index (χ4v) is 3.29. The third-order valence-electron chi connectivity index (χ3n) is 4.43. The van der Waals surface area contributed by atoms with Crippen molar-refractivity contribution in [3.8, 4) is 11.1 Å². The van der Waals surface area contributed by atoms with E-state index in [0.29, 0.717) is 11.4 Å². The molecule has 3 rings (SSSR count). The van der Waals surface area contributed by atoms with Crippen molar-refractivity contribution in [3.63, 3.8) is 0 Å². The molecule has 1 aromatic heterocycles. The van der Waals surface area contributed by atoms with Gasteiger partial charge in [0.15, 0.2) is 11.3 Å². The van der Waals surface area contributed by atoms with Crippen LogP contribution in [0.4, 0.5) is 0 Å². The zero-order valence-electron chi connectivity index (χ0n) is 15.6. The Bertz CT molecular complexity index is 1040. The summed E-state index contributed by atoms with van der Waals surface area (Å²) in [6, 6.07) is 15.6. The lowest BCUT2D eigenvalue weighted by Gasteiger charge is -2.20. The molecule has 0 saturated heterocycles. The number of aromatic nitrogens is 1. The van der Waals surface area contributed by atoms with Gasteiger partial charge in [-0.15, -0.1) is 0 Å². The Kier molecular flexibility index (Phi) is 7.10. The van der Waals surface area contributed by atoms with Gasteiger partial charge in [-0.25, -0.2) is 4.79 Å². The van der Waals surface area contributed by atoms with Gasteiger partial charge < -0.3 is 20.1 Å². The van der Waals surface area contributed by atoms with Gasteiger partial charge in [-0.05, 0) is 35.2 Å². The largest absolute Gasteiger partial charge is 0.479 e. The van der Waals surface area contributed by atoms with Crippen LogP contribution < -0.4 is 5.32 Å². The molecule has 0 radical (unpaired) electrons. The molecule has 2 aromatic carbocycles. The molecular formula is C21H18Cl2N2O5. The van der Waals surface area contributed by atoms with Gasteiger partial charge in [0, 0.05) is 23.6 Å². The van der Waals surface area contributed by atoms with E-state index in [1.165, 1.54) is 6.07 Å². The number of benzene rings is 2. The van der Waals surface area contributed by atoms with Crippen LogP contribution in [0.25, 0.3) is 11.1 Å². The van der Waals surface area contributed by atoms with Crippen molar-refractivity contribution in [2.45, 2.75) is 25.0 Å². The molecule has 30 heavy (non-hydrogen) atoms. The normalized spacial score (nSPS) is 12.9. The molecule has 9 heteroatoms. The average Bonchev–Trinajstić information content (AvgIpc) is 3.15. The molecule has 7 nitrogen and oxygen atoms in total. The SMILES string of the molecule is O=C(N[C@H](Cc1ccc(-c2cccc(Cl)c2)cc1)C[C@@H](O)C(=O)O)c1cc(Cl)no1. The number of aliphatic carboxylic acids is 1. The molecule has 0 aliphatic rings. The highest BCUT2D eigenvalue weighted by Crippen LogP contribution is 2.23. The molecule has 0 aliphatic carbocycles. The first kappa shape index (κ1) is 21.8. The van der Waals surface area contributed by atoms with Crippen LogP contribution in [0.2, 0.25) is 10.2 Å². The van der Waals surface area contributed by atoms with E-state index in [0.717, 1.165) is 16.7 Å². The molecule has 1 amide bonds. The maximum atomic E-state index is 12.3. The summed E-state index contributed by atoms with van der Waals surface area (Å²) in [5.74, 6) is -2.08. The lowest BCUT2D eigenvalue weighted by Crippen LogP contribution is -2.40. The number of aliphatic hydroxyl groups excluding tert-OH is 1. The number of halogens is 2. The Balaban J connectivity index is 1.74. The van der Waals surface area contributed by atoms with E-state index in [9.17, 15) is 14.7 Å². The number of rotatable bonds is 8. The minimum atomic E-state index is -1.63. The first-order valence-corrected chi connectivity index (χ1v) is 9.76. The van der Waals surface area contributed by atoms with Crippen molar-refractivity contribution in [3.05, 3.63) is 76.1 Å². The zero-order chi connectivity index (χ0) is 21.7. The van der Waals surface area contributed by atoms with Gasteiger partial charge in [0.1, 0.15) is 0 Å². The molecule has 0 unspecified atom stereocenters. The van der Waals surface area contributed by atoms with E-state index < -0.39 is 24.0 Å². The minimum Gasteiger partial charge on any atom is -0.479 e. The number of nitrogens with zero attached hydrogens (tertiary/aromatic N) is 1. The number of nitrogens with one attached hydrogen (secondary N) is 1. The number of carboxylic acids is 1. The van der Waals surface area contributed by atoms with Gasteiger partial charge in [0.2, 0.25) is 5.76 Å². The summed E-state index contributed by atoms with van der Waals surface area (Å²) in [4.78, 5) is 23.4. The number of hydrogen-bond donors (Lipinski definition) is 3. The first-order valence-electron chi connectivity index (χ1n) is 9.00. The second-order valence-corrected chi connectivity index (χ2v) is 7.51. The lowest BCUT2D eigenvalue weighted by molar-refractivity contribution is -0.147. The van der Waals surface area contributed by atoms with Crippen molar-refractivity contribution in [2.24, 2.45) is 0 Å². The van der Waals surface area contributed by atoms with Crippen LogP contribution in [-0.4, -0.2) is 39.4 Å². The van der Waals surface area contributed by atoms with E-state index in [1.807, 2.05) is 42.5 Å². The predicted molar refractivity (Wildman–Crippen MR) is 112 cm³/mol. The summed E-state index contributed by atoms with van der Waals surface area (Å²) in [6.45, 7) is 0. The Morgan fingerprint density at radius 3 is 2.40 bits per heavy atom. The Morgan fingerprint density at radius 1 is 1.07 bits per heavy atom. The van der Waals surface area contributed by atoms with Crippen molar-refractivity contribution in [1.29, 1.82) is 0 Å².